The molecule has 0 spiro atoms. The molecule has 2 atom stereocenters. The number of rotatable bonds is 3. The van der Waals surface area contributed by atoms with Crippen LogP contribution in [0.15, 0.2) is 24.3 Å². The summed E-state index contributed by atoms with van der Waals surface area (Å²) in [7, 11) is 0. The van der Waals surface area contributed by atoms with Gasteiger partial charge in [0.05, 0.1) is 17.1 Å². The lowest BCUT2D eigenvalue weighted by Crippen LogP contribution is -2.52. The van der Waals surface area contributed by atoms with E-state index in [1.807, 2.05) is 45.9 Å². The van der Waals surface area contributed by atoms with Crippen molar-refractivity contribution in [2.24, 2.45) is 0 Å². The molecular formula is C19H28N4O. The number of aromatic amines is 1. The topological polar surface area (TPSA) is 61.0 Å². The number of fused-ring (bicyclic) bond motifs is 1. The molecule has 1 aromatic heterocycles. The molecule has 0 aliphatic carbocycles. The van der Waals surface area contributed by atoms with E-state index in [0.717, 1.165) is 42.8 Å². The Hall–Kier alpha value is -1.88. The smallest absolute Gasteiger partial charge is 0.237 e. The van der Waals surface area contributed by atoms with Gasteiger partial charge in [0.1, 0.15) is 5.82 Å². The standard InChI is InChI=1S/C19H28N4O/c1-13(18(24)22-19(2,3)4)23-11-7-8-14(12-23)17-20-15-9-5-6-10-16(15)21-17/h5-6,9-10,13-14H,7-8,11-12H2,1-4H3,(H,20,21)(H,22,24)/t13-,14+/m0/s1. The van der Waals surface area contributed by atoms with Gasteiger partial charge in [0.25, 0.3) is 0 Å². The second-order valence-corrected chi connectivity index (χ2v) is 7.89. The van der Waals surface area contributed by atoms with Crippen LogP contribution in [0.5, 0.6) is 0 Å². The van der Waals surface area contributed by atoms with Crippen LogP contribution in [-0.4, -0.2) is 45.4 Å². The Morgan fingerprint density at radius 2 is 2.12 bits per heavy atom. The summed E-state index contributed by atoms with van der Waals surface area (Å²) in [5.74, 6) is 1.51. The number of aromatic nitrogens is 2. The molecule has 1 aliphatic rings. The van der Waals surface area contributed by atoms with E-state index in [4.69, 9.17) is 4.98 Å². The molecular weight excluding hydrogens is 300 g/mol. The average molecular weight is 328 g/mol. The predicted molar refractivity (Wildman–Crippen MR) is 97.0 cm³/mol. The van der Waals surface area contributed by atoms with Crippen LogP contribution in [0.25, 0.3) is 11.0 Å². The van der Waals surface area contributed by atoms with Gasteiger partial charge in [0, 0.05) is 18.0 Å². The van der Waals surface area contributed by atoms with E-state index in [9.17, 15) is 4.79 Å². The number of amides is 1. The minimum Gasteiger partial charge on any atom is -0.350 e. The zero-order valence-electron chi connectivity index (χ0n) is 15.1. The van der Waals surface area contributed by atoms with Crippen molar-refractivity contribution in [2.75, 3.05) is 13.1 Å². The van der Waals surface area contributed by atoms with Gasteiger partial charge in [0.2, 0.25) is 5.91 Å². The van der Waals surface area contributed by atoms with Gasteiger partial charge < -0.3 is 10.3 Å². The van der Waals surface area contributed by atoms with Crippen molar-refractivity contribution in [3.05, 3.63) is 30.1 Å². The van der Waals surface area contributed by atoms with Crippen LogP contribution in [0.2, 0.25) is 0 Å². The summed E-state index contributed by atoms with van der Waals surface area (Å²) in [5, 5.41) is 3.09. The Kier molecular flexibility index (Phi) is 4.63. The van der Waals surface area contributed by atoms with Crippen LogP contribution in [0.3, 0.4) is 0 Å². The summed E-state index contributed by atoms with van der Waals surface area (Å²) in [4.78, 5) is 23.0. The van der Waals surface area contributed by atoms with E-state index < -0.39 is 0 Å². The highest BCUT2D eigenvalue weighted by Gasteiger charge is 2.30. The first-order valence-electron chi connectivity index (χ1n) is 8.84. The number of carbonyl (C=O) groups excluding carboxylic acids is 1. The molecule has 1 fully saturated rings. The second-order valence-electron chi connectivity index (χ2n) is 7.89. The Balaban J connectivity index is 1.70. The van der Waals surface area contributed by atoms with Crippen LogP contribution in [-0.2, 0) is 4.79 Å². The summed E-state index contributed by atoms with van der Waals surface area (Å²) in [6.07, 6.45) is 2.21. The third-order valence-corrected chi connectivity index (χ3v) is 4.67. The van der Waals surface area contributed by atoms with Crippen LogP contribution in [0.1, 0.15) is 52.3 Å². The van der Waals surface area contributed by atoms with Crippen molar-refractivity contribution in [1.29, 1.82) is 0 Å². The van der Waals surface area contributed by atoms with Gasteiger partial charge in [-0.1, -0.05) is 12.1 Å². The van der Waals surface area contributed by atoms with E-state index in [1.165, 1.54) is 0 Å². The molecule has 2 heterocycles. The molecule has 130 valence electrons. The number of para-hydroxylation sites is 2. The summed E-state index contributed by atoms with van der Waals surface area (Å²) in [6.45, 7) is 9.90. The number of hydrogen-bond donors (Lipinski definition) is 2. The summed E-state index contributed by atoms with van der Waals surface area (Å²) in [5.41, 5.74) is 1.91. The molecule has 0 bridgehead atoms. The number of likely N-dealkylation sites (tertiary alicyclic amines) is 1. The first kappa shape index (κ1) is 17.0. The Morgan fingerprint density at radius 3 is 2.83 bits per heavy atom. The first-order chi connectivity index (χ1) is 11.3. The quantitative estimate of drug-likeness (QED) is 0.910. The number of benzene rings is 1. The summed E-state index contributed by atoms with van der Waals surface area (Å²) < 4.78 is 0. The zero-order chi connectivity index (χ0) is 17.3. The lowest BCUT2D eigenvalue weighted by Gasteiger charge is -2.36. The molecule has 1 saturated heterocycles. The number of nitrogens with zero attached hydrogens (tertiary/aromatic N) is 2. The first-order valence-corrected chi connectivity index (χ1v) is 8.84. The highest BCUT2D eigenvalue weighted by molar-refractivity contribution is 5.82. The monoisotopic (exact) mass is 328 g/mol. The maximum atomic E-state index is 12.5. The van der Waals surface area contributed by atoms with Crippen LogP contribution in [0, 0.1) is 0 Å². The largest absolute Gasteiger partial charge is 0.350 e. The van der Waals surface area contributed by atoms with E-state index in [-0.39, 0.29) is 17.5 Å². The minimum absolute atomic E-state index is 0.104. The fourth-order valence-electron chi connectivity index (χ4n) is 3.39. The van der Waals surface area contributed by atoms with E-state index in [0.29, 0.717) is 5.92 Å². The third kappa shape index (κ3) is 3.78. The Labute approximate surface area is 143 Å². The second kappa shape index (κ2) is 6.55. The maximum Gasteiger partial charge on any atom is 0.237 e. The highest BCUT2D eigenvalue weighted by atomic mass is 16.2. The molecule has 0 unspecified atom stereocenters. The van der Waals surface area contributed by atoms with Gasteiger partial charge >= 0.3 is 0 Å². The van der Waals surface area contributed by atoms with E-state index in [2.05, 4.69) is 21.3 Å². The molecule has 3 rings (SSSR count). The molecule has 2 N–H and O–H groups in total. The lowest BCUT2D eigenvalue weighted by atomic mass is 9.96. The molecule has 1 aliphatic heterocycles. The predicted octanol–water partition coefficient (Wildman–Crippen LogP) is 3.05. The van der Waals surface area contributed by atoms with Crippen LogP contribution >= 0.6 is 0 Å². The van der Waals surface area contributed by atoms with E-state index >= 15 is 0 Å². The SMILES string of the molecule is C[C@@H](C(=O)NC(C)(C)C)N1CCC[C@@H](c2nc3ccccc3[nH]2)C1. The number of imidazole rings is 1. The Morgan fingerprint density at radius 1 is 1.38 bits per heavy atom. The molecule has 1 aromatic carbocycles. The van der Waals surface area contributed by atoms with Crippen molar-refractivity contribution in [3.63, 3.8) is 0 Å². The third-order valence-electron chi connectivity index (χ3n) is 4.67. The molecule has 0 saturated carbocycles. The van der Waals surface area contributed by atoms with Crippen molar-refractivity contribution in [1.82, 2.24) is 20.2 Å². The minimum atomic E-state index is -0.195. The number of hydrogen-bond acceptors (Lipinski definition) is 3. The Bertz CT molecular complexity index is 682. The maximum absolute atomic E-state index is 12.5. The molecule has 1 amide bonds. The fourth-order valence-corrected chi connectivity index (χ4v) is 3.39. The number of nitrogens with one attached hydrogen (secondary N) is 2. The van der Waals surface area contributed by atoms with Gasteiger partial charge in [-0.25, -0.2) is 4.98 Å². The van der Waals surface area contributed by atoms with Crippen molar-refractivity contribution >= 4 is 16.9 Å². The van der Waals surface area contributed by atoms with Gasteiger partial charge in [-0.15, -0.1) is 0 Å². The summed E-state index contributed by atoms with van der Waals surface area (Å²) in [6, 6.07) is 8.02. The zero-order valence-corrected chi connectivity index (χ0v) is 15.1. The van der Waals surface area contributed by atoms with Gasteiger partial charge in [-0.2, -0.15) is 0 Å². The molecule has 0 radical (unpaired) electrons. The van der Waals surface area contributed by atoms with Crippen molar-refractivity contribution in [3.8, 4) is 0 Å². The van der Waals surface area contributed by atoms with E-state index in [1.54, 1.807) is 0 Å². The molecule has 2 aromatic rings. The number of carbonyl (C=O) groups is 1. The van der Waals surface area contributed by atoms with Gasteiger partial charge in [-0.3, -0.25) is 9.69 Å². The normalized spacial score (nSPS) is 20.9. The van der Waals surface area contributed by atoms with Crippen LogP contribution in [0.4, 0.5) is 0 Å². The highest BCUT2D eigenvalue weighted by Crippen LogP contribution is 2.27. The lowest BCUT2D eigenvalue weighted by molar-refractivity contribution is -0.127. The molecule has 5 heteroatoms. The number of H-pyrrole nitrogens is 1. The number of piperidine rings is 1. The van der Waals surface area contributed by atoms with Gasteiger partial charge in [0.15, 0.2) is 0 Å². The average Bonchev–Trinajstić information content (AvgIpc) is 2.96. The fraction of sp³-hybridized carbons (Fsp3) is 0.579. The van der Waals surface area contributed by atoms with Crippen molar-refractivity contribution in [2.45, 2.75) is 58.0 Å². The molecule has 5 nitrogen and oxygen atoms in total. The molecule has 24 heavy (non-hydrogen) atoms. The van der Waals surface area contributed by atoms with Gasteiger partial charge in [-0.05, 0) is 59.2 Å². The summed E-state index contributed by atoms with van der Waals surface area (Å²) >= 11 is 0. The van der Waals surface area contributed by atoms with Crippen LogP contribution < -0.4 is 5.32 Å². The van der Waals surface area contributed by atoms with Crippen molar-refractivity contribution < 1.29 is 4.79 Å².